The highest BCUT2D eigenvalue weighted by molar-refractivity contribution is 6.07. The summed E-state index contributed by atoms with van der Waals surface area (Å²) in [4.78, 5) is 42.1. The minimum atomic E-state index is -0.799. The number of nitrogens with one attached hydrogen (secondary N) is 2. The molecule has 2 heterocycles. The highest BCUT2D eigenvalue weighted by Gasteiger charge is 2.51. The van der Waals surface area contributed by atoms with Crippen LogP contribution in [-0.2, 0) is 9.59 Å². The van der Waals surface area contributed by atoms with Crippen LogP contribution in [0.3, 0.4) is 0 Å². The first-order chi connectivity index (χ1) is 14.0. The largest absolute Gasteiger partial charge is 0.326 e. The number of hydrogen-bond acceptors (Lipinski definition) is 5. The van der Waals surface area contributed by atoms with Crippen molar-refractivity contribution in [1.82, 2.24) is 25.0 Å². The lowest BCUT2D eigenvalue weighted by molar-refractivity contribution is -0.132. The fourth-order valence-corrected chi connectivity index (χ4v) is 3.91. The van der Waals surface area contributed by atoms with Gasteiger partial charge in [0.15, 0.2) is 5.82 Å². The molecule has 2 aromatic rings. The Morgan fingerprint density at radius 3 is 2.72 bits per heavy atom. The predicted octanol–water partition coefficient (Wildman–Crippen LogP) is 1.99. The second-order valence-electron chi connectivity index (χ2n) is 7.33. The quantitative estimate of drug-likeness (QED) is 0.746. The van der Waals surface area contributed by atoms with Crippen LogP contribution in [0.1, 0.15) is 38.5 Å². The van der Waals surface area contributed by atoms with E-state index in [-0.39, 0.29) is 30.2 Å². The van der Waals surface area contributed by atoms with E-state index in [1.54, 1.807) is 6.07 Å². The first kappa shape index (κ1) is 19.0. The van der Waals surface area contributed by atoms with E-state index in [4.69, 9.17) is 0 Å². The highest BCUT2D eigenvalue weighted by Crippen LogP contribution is 2.33. The molecule has 2 fully saturated rings. The number of aromatic nitrogens is 3. The third kappa shape index (κ3) is 3.69. The number of imide groups is 1. The first-order valence-corrected chi connectivity index (χ1v) is 9.57. The Balaban J connectivity index is 1.35. The molecule has 1 saturated carbocycles. The van der Waals surface area contributed by atoms with E-state index >= 15 is 0 Å². The highest BCUT2D eigenvalue weighted by atomic mass is 19.1. The van der Waals surface area contributed by atoms with Crippen LogP contribution in [0.15, 0.2) is 30.9 Å². The van der Waals surface area contributed by atoms with Crippen molar-refractivity contribution in [3.05, 3.63) is 36.7 Å². The van der Waals surface area contributed by atoms with Gasteiger partial charge in [-0.3, -0.25) is 14.5 Å². The van der Waals surface area contributed by atoms with Crippen LogP contribution in [0.2, 0.25) is 0 Å². The Morgan fingerprint density at radius 2 is 2.03 bits per heavy atom. The Hall–Kier alpha value is -3.30. The van der Waals surface area contributed by atoms with Crippen molar-refractivity contribution in [2.24, 2.45) is 0 Å². The Morgan fingerprint density at radius 1 is 1.24 bits per heavy atom. The molecule has 1 aliphatic heterocycles. The van der Waals surface area contributed by atoms with Crippen molar-refractivity contribution in [1.29, 1.82) is 0 Å². The van der Waals surface area contributed by atoms with Gasteiger partial charge >= 0.3 is 6.03 Å². The second kappa shape index (κ2) is 7.61. The number of hydrogen-bond donors (Lipinski definition) is 2. The predicted molar refractivity (Wildman–Crippen MR) is 101 cm³/mol. The van der Waals surface area contributed by atoms with Gasteiger partial charge in [0.25, 0.3) is 5.91 Å². The molecule has 2 aliphatic rings. The molecular weight excluding hydrogens is 379 g/mol. The minimum Gasteiger partial charge on any atom is -0.326 e. The van der Waals surface area contributed by atoms with Crippen molar-refractivity contribution < 1.29 is 18.8 Å². The van der Waals surface area contributed by atoms with E-state index in [9.17, 15) is 18.8 Å². The molecule has 1 aromatic carbocycles. The summed E-state index contributed by atoms with van der Waals surface area (Å²) in [6.07, 6.45) is 6.72. The van der Waals surface area contributed by atoms with Gasteiger partial charge in [0.1, 0.15) is 23.9 Å². The van der Waals surface area contributed by atoms with E-state index in [1.165, 1.54) is 29.5 Å². The van der Waals surface area contributed by atoms with Crippen molar-refractivity contribution in [2.45, 2.75) is 44.1 Å². The van der Waals surface area contributed by atoms with Crippen LogP contribution < -0.4 is 10.6 Å². The molecule has 0 atom stereocenters. The second-order valence-corrected chi connectivity index (χ2v) is 7.33. The molecule has 4 rings (SSSR count). The summed E-state index contributed by atoms with van der Waals surface area (Å²) in [5.41, 5.74) is -0.318. The average molecular weight is 400 g/mol. The molecular formula is C19H21FN6O3. The van der Waals surface area contributed by atoms with E-state index in [1.807, 2.05) is 0 Å². The van der Waals surface area contributed by atoms with Gasteiger partial charge in [-0.05, 0) is 31.0 Å². The zero-order chi connectivity index (χ0) is 20.4. The monoisotopic (exact) mass is 400 g/mol. The molecule has 4 amide bonds. The molecule has 0 bridgehead atoms. The summed E-state index contributed by atoms with van der Waals surface area (Å²) in [5, 5.41) is 9.26. The normalized spacial score (nSPS) is 18.2. The SMILES string of the molecule is O=C(CCN1C(=O)NC2(CCCCC2)C1=O)Nc1ccc(-n2cncn2)c(F)c1. The number of amides is 4. The number of anilines is 1. The summed E-state index contributed by atoms with van der Waals surface area (Å²) in [7, 11) is 0. The third-order valence-corrected chi connectivity index (χ3v) is 5.41. The maximum atomic E-state index is 14.3. The fourth-order valence-electron chi connectivity index (χ4n) is 3.91. The zero-order valence-corrected chi connectivity index (χ0v) is 15.7. The maximum absolute atomic E-state index is 14.3. The van der Waals surface area contributed by atoms with Crippen LogP contribution in [0, 0.1) is 5.82 Å². The first-order valence-electron chi connectivity index (χ1n) is 9.57. The van der Waals surface area contributed by atoms with Gasteiger partial charge < -0.3 is 10.6 Å². The van der Waals surface area contributed by atoms with E-state index < -0.39 is 23.3 Å². The number of carbonyl (C=O) groups is 3. The molecule has 2 N–H and O–H groups in total. The van der Waals surface area contributed by atoms with Crippen molar-refractivity contribution >= 4 is 23.5 Å². The zero-order valence-electron chi connectivity index (χ0n) is 15.7. The van der Waals surface area contributed by atoms with Crippen LogP contribution in [0.25, 0.3) is 5.69 Å². The van der Waals surface area contributed by atoms with Gasteiger partial charge in [0, 0.05) is 18.7 Å². The Labute approximate surface area is 166 Å². The van der Waals surface area contributed by atoms with Crippen LogP contribution in [0.5, 0.6) is 0 Å². The summed E-state index contributed by atoms with van der Waals surface area (Å²) in [5.74, 6) is -1.23. The van der Waals surface area contributed by atoms with Crippen LogP contribution in [0.4, 0.5) is 14.9 Å². The lowest BCUT2D eigenvalue weighted by atomic mass is 9.82. The number of urea groups is 1. The molecule has 1 aromatic heterocycles. The molecule has 29 heavy (non-hydrogen) atoms. The molecule has 1 saturated heterocycles. The number of rotatable bonds is 5. The van der Waals surface area contributed by atoms with Gasteiger partial charge in [-0.2, -0.15) is 5.10 Å². The van der Waals surface area contributed by atoms with E-state index in [2.05, 4.69) is 20.7 Å². The van der Waals surface area contributed by atoms with Crippen LogP contribution in [-0.4, -0.2) is 49.6 Å². The van der Waals surface area contributed by atoms with Crippen molar-refractivity contribution in [2.75, 3.05) is 11.9 Å². The molecule has 0 unspecified atom stereocenters. The molecule has 10 heteroatoms. The lowest BCUT2D eigenvalue weighted by Gasteiger charge is -2.30. The summed E-state index contributed by atoms with van der Waals surface area (Å²) in [6, 6.07) is 3.75. The number of benzene rings is 1. The molecule has 1 aliphatic carbocycles. The number of nitrogens with zero attached hydrogens (tertiary/aromatic N) is 4. The minimum absolute atomic E-state index is 0.0161. The topological polar surface area (TPSA) is 109 Å². The smallest absolute Gasteiger partial charge is 0.325 e. The lowest BCUT2D eigenvalue weighted by Crippen LogP contribution is -2.48. The number of halogens is 1. The Bertz CT molecular complexity index is 939. The molecule has 152 valence electrons. The van der Waals surface area contributed by atoms with Gasteiger partial charge in [-0.1, -0.05) is 19.3 Å². The van der Waals surface area contributed by atoms with Gasteiger partial charge in [0.05, 0.1) is 0 Å². The standard InChI is InChI=1S/C19H21FN6O3/c20-14-10-13(4-5-15(14)26-12-21-11-22-26)23-16(27)6-9-25-17(28)19(24-18(25)29)7-2-1-3-8-19/h4-5,10-12H,1-3,6-9H2,(H,23,27)(H,24,29). The van der Waals surface area contributed by atoms with Crippen molar-refractivity contribution in [3.63, 3.8) is 0 Å². The van der Waals surface area contributed by atoms with Gasteiger partial charge in [0.2, 0.25) is 5.91 Å². The summed E-state index contributed by atoms with van der Waals surface area (Å²) >= 11 is 0. The Kier molecular flexibility index (Phi) is 4.99. The summed E-state index contributed by atoms with van der Waals surface area (Å²) < 4.78 is 15.5. The summed E-state index contributed by atoms with van der Waals surface area (Å²) in [6.45, 7) is -0.0161. The number of carbonyl (C=O) groups excluding carboxylic acids is 3. The third-order valence-electron chi connectivity index (χ3n) is 5.41. The molecule has 0 radical (unpaired) electrons. The average Bonchev–Trinajstić information content (AvgIpc) is 3.29. The van der Waals surface area contributed by atoms with E-state index in [0.717, 1.165) is 24.2 Å². The van der Waals surface area contributed by atoms with Crippen molar-refractivity contribution in [3.8, 4) is 5.69 Å². The molecule has 9 nitrogen and oxygen atoms in total. The molecule has 1 spiro atoms. The fraction of sp³-hybridized carbons (Fsp3) is 0.421. The van der Waals surface area contributed by atoms with Gasteiger partial charge in [-0.25, -0.2) is 18.9 Å². The van der Waals surface area contributed by atoms with Crippen LogP contribution >= 0.6 is 0 Å². The van der Waals surface area contributed by atoms with E-state index in [0.29, 0.717) is 12.8 Å². The maximum Gasteiger partial charge on any atom is 0.325 e. The van der Waals surface area contributed by atoms with Gasteiger partial charge in [-0.15, -0.1) is 0 Å².